The summed E-state index contributed by atoms with van der Waals surface area (Å²) in [6.45, 7) is 7.97. The molecular formula is C24H31N3O6S. The van der Waals surface area contributed by atoms with Crippen molar-refractivity contribution in [3.63, 3.8) is 0 Å². The molecule has 0 unspecified atom stereocenters. The normalized spacial score (nSPS) is 11.4. The van der Waals surface area contributed by atoms with E-state index in [4.69, 9.17) is 4.74 Å². The first-order valence-corrected chi connectivity index (χ1v) is 12.6. The minimum Gasteiger partial charge on any atom is -0.458 e. The molecule has 10 heteroatoms. The van der Waals surface area contributed by atoms with Crippen LogP contribution in [0.1, 0.15) is 66.9 Å². The lowest BCUT2D eigenvalue weighted by atomic mass is 10.1. The Morgan fingerprint density at radius 2 is 1.68 bits per heavy atom. The highest BCUT2D eigenvalue weighted by molar-refractivity contribution is 7.90. The van der Waals surface area contributed by atoms with Crippen molar-refractivity contribution in [1.29, 1.82) is 0 Å². The predicted octanol–water partition coefficient (Wildman–Crippen LogP) is 2.86. The highest BCUT2D eigenvalue weighted by atomic mass is 32.2. The number of hydrogen-bond donors (Lipinski definition) is 2. The number of aromatic nitrogens is 1. The molecule has 0 atom stereocenters. The third-order valence-electron chi connectivity index (χ3n) is 4.72. The zero-order valence-corrected chi connectivity index (χ0v) is 20.6. The van der Waals surface area contributed by atoms with Gasteiger partial charge < -0.3 is 10.1 Å². The lowest BCUT2D eigenvalue weighted by Gasteiger charge is -2.10. The van der Waals surface area contributed by atoms with Crippen molar-refractivity contribution >= 4 is 27.8 Å². The van der Waals surface area contributed by atoms with Gasteiger partial charge in [-0.1, -0.05) is 26.0 Å². The Hall–Kier alpha value is -3.27. The van der Waals surface area contributed by atoms with E-state index in [2.05, 4.69) is 24.1 Å². The first-order valence-electron chi connectivity index (χ1n) is 11.1. The maximum absolute atomic E-state index is 12.6. The van der Waals surface area contributed by atoms with Gasteiger partial charge in [-0.15, -0.1) is 0 Å². The summed E-state index contributed by atoms with van der Waals surface area (Å²) in [7, 11) is -4.10. The minimum atomic E-state index is -4.10. The van der Waals surface area contributed by atoms with Crippen molar-refractivity contribution in [2.75, 3.05) is 6.54 Å². The largest absolute Gasteiger partial charge is 0.458 e. The van der Waals surface area contributed by atoms with Crippen molar-refractivity contribution in [2.24, 2.45) is 5.92 Å². The van der Waals surface area contributed by atoms with E-state index in [9.17, 15) is 22.8 Å². The van der Waals surface area contributed by atoms with Crippen molar-refractivity contribution in [3.8, 4) is 0 Å². The Kier molecular flexibility index (Phi) is 9.73. The number of nitrogens with one attached hydrogen (secondary N) is 2. The predicted molar refractivity (Wildman–Crippen MR) is 127 cm³/mol. The first-order chi connectivity index (χ1) is 16.0. The van der Waals surface area contributed by atoms with Gasteiger partial charge in [-0.2, -0.15) is 0 Å². The number of hydrogen-bond acceptors (Lipinski definition) is 7. The number of esters is 1. The fourth-order valence-electron chi connectivity index (χ4n) is 2.85. The topological polar surface area (TPSA) is 132 Å². The maximum atomic E-state index is 12.6. The molecular weight excluding hydrogens is 458 g/mol. The molecule has 0 aliphatic heterocycles. The summed E-state index contributed by atoms with van der Waals surface area (Å²) in [5.41, 5.74) is 0.844. The average Bonchev–Trinajstić information content (AvgIpc) is 2.77. The molecule has 0 spiro atoms. The lowest BCUT2D eigenvalue weighted by molar-refractivity contribution is -0.121. The second-order valence-electron chi connectivity index (χ2n) is 8.50. The van der Waals surface area contributed by atoms with Gasteiger partial charge in [-0.25, -0.2) is 22.9 Å². The molecule has 0 saturated heterocycles. The Labute approximate surface area is 200 Å². The molecule has 0 aliphatic carbocycles. The molecule has 9 nitrogen and oxygen atoms in total. The molecule has 0 radical (unpaired) electrons. The number of amides is 2. The van der Waals surface area contributed by atoms with Crippen LogP contribution < -0.4 is 10.0 Å². The van der Waals surface area contributed by atoms with Crippen LogP contribution in [-0.4, -0.2) is 43.8 Å². The van der Waals surface area contributed by atoms with Crippen LogP contribution >= 0.6 is 0 Å². The average molecular weight is 490 g/mol. The SMILES string of the molecule is CC(C)CCC(=O)NCCc1ccc(S(=O)(=O)NC(=O)c2ccc(C(=O)OC(C)C)nc2)cc1. The van der Waals surface area contributed by atoms with Gasteiger partial charge in [0.15, 0.2) is 0 Å². The molecule has 0 bridgehead atoms. The van der Waals surface area contributed by atoms with Gasteiger partial charge in [0.1, 0.15) is 5.69 Å². The zero-order chi connectivity index (χ0) is 25.3. The van der Waals surface area contributed by atoms with Gasteiger partial charge in [0.05, 0.1) is 16.6 Å². The summed E-state index contributed by atoms with van der Waals surface area (Å²) in [6, 6.07) is 8.66. The molecule has 0 aliphatic rings. The van der Waals surface area contributed by atoms with E-state index in [1.54, 1.807) is 26.0 Å². The van der Waals surface area contributed by atoms with Crippen LogP contribution in [-0.2, 0) is 26.0 Å². The number of rotatable bonds is 11. The molecule has 184 valence electrons. The standard InChI is InChI=1S/C24H31N3O6S/c1-16(2)5-12-22(28)25-14-13-18-6-9-20(10-7-18)34(31,32)27-23(29)19-8-11-21(26-15-19)24(30)33-17(3)4/h6-11,15-17H,5,12-14H2,1-4H3,(H,25,28)(H,27,29). The number of sulfonamides is 1. The summed E-state index contributed by atoms with van der Waals surface area (Å²) in [5, 5.41) is 2.85. The van der Waals surface area contributed by atoms with Gasteiger partial charge in [-0.05, 0) is 62.4 Å². The lowest BCUT2D eigenvalue weighted by Crippen LogP contribution is -2.30. The summed E-state index contributed by atoms with van der Waals surface area (Å²) in [6.07, 6.45) is 2.66. The van der Waals surface area contributed by atoms with Crippen LogP contribution in [0.2, 0.25) is 0 Å². The number of nitrogens with zero attached hydrogens (tertiary/aromatic N) is 1. The molecule has 2 amide bonds. The first kappa shape index (κ1) is 27.0. The van der Waals surface area contributed by atoms with Crippen molar-refractivity contribution in [1.82, 2.24) is 15.0 Å². The smallest absolute Gasteiger partial charge is 0.357 e. The van der Waals surface area contributed by atoms with Gasteiger partial charge in [0, 0.05) is 19.2 Å². The molecule has 1 aromatic carbocycles. The Morgan fingerprint density at radius 1 is 1.00 bits per heavy atom. The van der Waals surface area contributed by atoms with Gasteiger partial charge in [-0.3, -0.25) is 9.59 Å². The van der Waals surface area contributed by atoms with E-state index in [0.29, 0.717) is 25.3 Å². The highest BCUT2D eigenvalue weighted by Crippen LogP contribution is 2.12. The Balaban J connectivity index is 1.92. The fraction of sp³-hybridized carbons (Fsp3) is 0.417. The second kappa shape index (κ2) is 12.3. The second-order valence-corrected chi connectivity index (χ2v) is 10.2. The molecule has 2 aromatic rings. The molecule has 0 saturated carbocycles. The maximum Gasteiger partial charge on any atom is 0.357 e. The summed E-state index contributed by atoms with van der Waals surface area (Å²) in [5.74, 6) is -1.05. The molecule has 2 N–H and O–H groups in total. The van der Waals surface area contributed by atoms with Gasteiger partial charge >= 0.3 is 5.97 Å². The van der Waals surface area contributed by atoms with E-state index in [1.165, 1.54) is 24.3 Å². The Morgan fingerprint density at radius 3 is 2.24 bits per heavy atom. The molecule has 0 fully saturated rings. The third kappa shape index (κ3) is 8.58. The number of pyridine rings is 1. The minimum absolute atomic E-state index is 0.00468. The molecule has 1 aromatic heterocycles. The number of ether oxygens (including phenoxy) is 1. The van der Waals surface area contributed by atoms with Gasteiger partial charge in [0.2, 0.25) is 5.91 Å². The summed E-state index contributed by atoms with van der Waals surface area (Å²) >= 11 is 0. The van der Waals surface area contributed by atoms with E-state index in [1.807, 2.05) is 4.72 Å². The summed E-state index contributed by atoms with van der Waals surface area (Å²) in [4.78, 5) is 39.8. The van der Waals surface area contributed by atoms with E-state index >= 15 is 0 Å². The van der Waals surface area contributed by atoms with Crippen LogP contribution in [0, 0.1) is 5.92 Å². The zero-order valence-electron chi connectivity index (χ0n) is 19.8. The van der Waals surface area contributed by atoms with E-state index < -0.39 is 21.9 Å². The molecule has 34 heavy (non-hydrogen) atoms. The quantitative estimate of drug-likeness (QED) is 0.464. The highest BCUT2D eigenvalue weighted by Gasteiger charge is 2.20. The van der Waals surface area contributed by atoms with Crippen LogP contribution in [0.3, 0.4) is 0 Å². The van der Waals surface area contributed by atoms with E-state index in [-0.39, 0.29) is 28.2 Å². The van der Waals surface area contributed by atoms with Gasteiger partial charge in [0.25, 0.3) is 15.9 Å². The summed E-state index contributed by atoms with van der Waals surface area (Å²) < 4.78 is 32.2. The third-order valence-corrected chi connectivity index (χ3v) is 6.07. The van der Waals surface area contributed by atoms with Crippen LogP contribution in [0.25, 0.3) is 0 Å². The molecule has 2 rings (SSSR count). The van der Waals surface area contributed by atoms with Crippen LogP contribution in [0.4, 0.5) is 0 Å². The molecule has 1 heterocycles. The van der Waals surface area contributed by atoms with Crippen molar-refractivity contribution in [3.05, 3.63) is 59.4 Å². The Bertz CT molecular complexity index is 1090. The fourth-order valence-corrected chi connectivity index (χ4v) is 3.83. The monoisotopic (exact) mass is 489 g/mol. The van der Waals surface area contributed by atoms with Crippen LogP contribution in [0.15, 0.2) is 47.5 Å². The number of benzene rings is 1. The van der Waals surface area contributed by atoms with Crippen molar-refractivity contribution < 1.29 is 27.5 Å². The number of carbonyl (C=O) groups excluding carboxylic acids is 3. The number of carbonyl (C=O) groups is 3. The van der Waals surface area contributed by atoms with E-state index in [0.717, 1.165) is 18.2 Å². The van der Waals surface area contributed by atoms with Crippen LogP contribution in [0.5, 0.6) is 0 Å². The van der Waals surface area contributed by atoms with Crippen molar-refractivity contribution in [2.45, 2.75) is 58.0 Å².